The lowest BCUT2D eigenvalue weighted by molar-refractivity contribution is -0.126. The highest BCUT2D eigenvalue weighted by Crippen LogP contribution is 2.31. The van der Waals surface area contributed by atoms with Gasteiger partial charge in [0.25, 0.3) is 10.0 Å². The molecule has 7 heteroatoms. The molecule has 25 heavy (non-hydrogen) atoms. The van der Waals surface area contributed by atoms with Gasteiger partial charge in [0.15, 0.2) is 0 Å². The number of benzene rings is 1. The second-order valence-corrected chi connectivity index (χ2v) is 10.3. The number of amides is 1. The summed E-state index contributed by atoms with van der Waals surface area (Å²) in [4.78, 5) is 12.8. The molecule has 1 aliphatic rings. The highest BCUT2D eigenvalue weighted by molar-refractivity contribution is 7.91. The van der Waals surface area contributed by atoms with E-state index in [4.69, 9.17) is 0 Å². The molecule has 0 unspecified atom stereocenters. The first kappa shape index (κ1) is 18.1. The number of nitrogens with zero attached hydrogens (tertiary/aromatic N) is 1. The zero-order valence-corrected chi connectivity index (χ0v) is 16.2. The summed E-state index contributed by atoms with van der Waals surface area (Å²) < 4.78 is 27.8. The van der Waals surface area contributed by atoms with Gasteiger partial charge in [0.2, 0.25) is 5.91 Å². The van der Waals surface area contributed by atoms with Crippen LogP contribution in [0.5, 0.6) is 0 Å². The third-order valence-electron chi connectivity index (χ3n) is 4.06. The largest absolute Gasteiger partial charge is 0.350 e. The zero-order chi connectivity index (χ0) is 18.2. The van der Waals surface area contributed by atoms with E-state index in [1.807, 2.05) is 45.0 Å². The van der Waals surface area contributed by atoms with Gasteiger partial charge in [-0.1, -0.05) is 30.3 Å². The Bertz CT molecular complexity index is 868. The molecular weight excluding hydrogens is 356 g/mol. The monoisotopic (exact) mass is 378 g/mol. The van der Waals surface area contributed by atoms with Crippen LogP contribution in [0.2, 0.25) is 0 Å². The first-order valence-electron chi connectivity index (χ1n) is 8.13. The molecule has 1 N–H and O–H groups in total. The number of rotatable bonds is 3. The molecule has 0 bridgehead atoms. The average Bonchev–Trinajstić information content (AvgIpc) is 3.07. The lowest BCUT2D eigenvalue weighted by atomic mass is 9.95. The molecule has 5 nitrogen and oxygen atoms in total. The number of carbonyl (C=O) groups is 1. The van der Waals surface area contributed by atoms with Crippen molar-refractivity contribution in [1.82, 2.24) is 9.62 Å². The van der Waals surface area contributed by atoms with E-state index in [1.54, 1.807) is 17.5 Å². The van der Waals surface area contributed by atoms with Crippen LogP contribution < -0.4 is 5.32 Å². The number of fused-ring (bicyclic) bond motifs is 1. The van der Waals surface area contributed by atoms with Crippen molar-refractivity contribution in [2.75, 3.05) is 0 Å². The van der Waals surface area contributed by atoms with Crippen molar-refractivity contribution in [3.8, 4) is 0 Å². The van der Waals surface area contributed by atoms with Crippen molar-refractivity contribution in [2.24, 2.45) is 0 Å². The summed E-state index contributed by atoms with van der Waals surface area (Å²) in [5.41, 5.74) is 1.54. The molecule has 1 atom stereocenters. The van der Waals surface area contributed by atoms with Gasteiger partial charge in [0.05, 0.1) is 0 Å². The average molecular weight is 379 g/mol. The second-order valence-electron chi connectivity index (χ2n) is 7.21. The fourth-order valence-electron chi connectivity index (χ4n) is 2.95. The summed E-state index contributed by atoms with van der Waals surface area (Å²) in [7, 11) is -3.72. The number of hydrogen-bond donors (Lipinski definition) is 1. The van der Waals surface area contributed by atoms with Crippen LogP contribution >= 0.6 is 11.3 Å². The maximum absolute atomic E-state index is 13.1. The van der Waals surface area contributed by atoms with Crippen molar-refractivity contribution >= 4 is 27.3 Å². The summed E-state index contributed by atoms with van der Waals surface area (Å²) in [6, 6.07) is 10.2. The molecule has 2 heterocycles. The predicted molar refractivity (Wildman–Crippen MR) is 98.9 cm³/mol. The molecule has 0 aliphatic carbocycles. The number of nitrogens with one attached hydrogen (secondary N) is 1. The van der Waals surface area contributed by atoms with Gasteiger partial charge >= 0.3 is 0 Å². The molecule has 0 saturated carbocycles. The summed E-state index contributed by atoms with van der Waals surface area (Å²) in [5, 5.41) is 4.66. The number of sulfonamides is 1. The van der Waals surface area contributed by atoms with Crippen molar-refractivity contribution < 1.29 is 13.2 Å². The Kier molecular flexibility index (Phi) is 4.74. The summed E-state index contributed by atoms with van der Waals surface area (Å²) in [5.74, 6) is -0.262. The van der Waals surface area contributed by atoms with Crippen LogP contribution in [-0.2, 0) is 27.8 Å². The van der Waals surface area contributed by atoms with Crippen molar-refractivity contribution in [1.29, 1.82) is 0 Å². The van der Waals surface area contributed by atoms with Crippen molar-refractivity contribution in [3.05, 3.63) is 52.9 Å². The molecule has 0 spiro atoms. The Labute approximate surface area is 152 Å². The van der Waals surface area contributed by atoms with E-state index in [9.17, 15) is 13.2 Å². The van der Waals surface area contributed by atoms with E-state index in [0.29, 0.717) is 6.42 Å². The van der Waals surface area contributed by atoms with E-state index in [2.05, 4.69) is 5.32 Å². The molecule has 1 aromatic heterocycles. The van der Waals surface area contributed by atoms with E-state index >= 15 is 0 Å². The molecule has 1 aliphatic heterocycles. The molecule has 1 aromatic carbocycles. The van der Waals surface area contributed by atoms with E-state index in [-0.39, 0.29) is 16.7 Å². The van der Waals surface area contributed by atoms with Gasteiger partial charge in [-0.05, 0) is 49.8 Å². The summed E-state index contributed by atoms with van der Waals surface area (Å²) in [6.45, 7) is 5.87. The standard InChI is InChI=1S/C18H22N2O3S2/c1-18(2,3)19-17(21)15-11-13-7-4-5-8-14(13)12-20(15)25(22,23)16-9-6-10-24-16/h4-10,15H,11-12H2,1-3H3,(H,19,21)/t15-/m0/s1. The van der Waals surface area contributed by atoms with Crippen LogP contribution in [0.4, 0.5) is 0 Å². The molecule has 3 rings (SSSR count). The molecule has 2 aromatic rings. The molecular formula is C18H22N2O3S2. The van der Waals surface area contributed by atoms with Crippen LogP contribution in [0.25, 0.3) is 0 Å². The third-order valence-corrected chi connectivity index (χ3v) is 7.29. The van der Waals surface area contributed by atoms with E-state index in [0.717, 1.165) is 11.1 Å². The first-order valence-corrected chi connectivity index (χ1v) is 10.4. The van der Waals surface area contributed by atoms with Gasteiger partial charge in [-0.2, -0.15) is 4.31 Å². The number of hydrogen-bond acceptors (Lipinski definition) is 4. The van der Waals surface area contributed by atoms with Crippen molar-refractivity contribution in [2.45, 2.75) is 49.5 Å². The third kappa shape index (κ3) is 3.78. The van der Waals surface area contributed by atoms with E-state index in [1.165, 1.54) is 15.6 Å². The topological polar surface area (TPSA) is 66.5 Å². The Morgan fingerprint density at radius 2 is 1.84 bits per heavy atom. The van der Waals surface area contributed by atoms with Gasteiger partial charge in [-0.15, -0.1) is 11.3 Å². The van der Waals surface area contributed by atoms with Crippen LogP contribution in [0.1, 0.15) is 31.9 Å². The Morgan fingerprint density at radius 3 is 2.44 bits per heavy atom. The minimum atomic E-state index is -3.72. The lowest BCUT2D eigenvalue weighted by Gasteiger charge is -2.36. The normalized spacial score (nSPS) is 18.6. The molecule has 134 valence electrons. The smallest absolute Gasteiger partial charge is 0.253 e. The minimum absolute atomic E-state index is 0.207. The summed E-state index contributed by atoms with van der Waals surface area (Å²) >= 11 is 1.17. The Morgan fingerprint density at radius 1 is 1.16 bits per heavy atom. The highest BCUT2D eigenvalue weighted by atomic mass is 32.2. The maximum Gasteiger partial charge on any atom is 0.253 e. The van der Waals surface area contributed by atoms with Gasteiger partial charge in [0.1, 0.15) is 10.3 Å². The molecule has 0 saturated heterocycles. The van der Waals surface area contributed by atoms with Crippen LogP contribution in [-0.4, -0.2) is 30.2 Å². The predicted octanol–water partition coefficient (Wildman–Crippen LogP) is 2.78. The minimum Gasteiger partial charge on any atom is -0.350 e. The SMILES string of the molecule is CC(C)(C)NC(=O)[C@@H]1Cc2ccccc2CN1S(=O)(=O)c1cccs1. The molecule has 0 fully saturated rings. The van der Waals surface area contributed by atoms with Crippen LogP contribution in [0.15, 0.2) is 46.0 Å². The van der Waals surface area contributed by atoms with Crippen molar-refractivity contribution in [3.63, 3.8) is 0 Å². The first-order chi connectivity index (χ1) is 11.7. The van der Waals surface area contributed by atoms with E-state index < -0.39 is 21.6 Å². The van der Waals surface area contributed by atoms with Gasteiger partial charge in [-0.3, -0.25) is 4.79 Å². The fraction of sp³-hybridized carbons (Fsp3) is 0.389. The van der Waals surface area contributed by atoms with Gasteiger partial charge < -0.3 is 5.32 Å². The maximum atomic E-state index is 13.1. The number of thiophene rings is 1. The number of carbonyl (C=O) groups excluding carboxylic acids is 1. The quantitative estimate of drug-likeness (QED) is 0.893. The highest BCUT2D eigenvalue weighted by Gasteiger charge is 2.40. The zero-order valence-electron chi connectivity index (χ0n) is 14.5. The Balaban J connectivity index is 2.02. The molecule has 0 radical (unpaired) electrons. The van der Waals surface area contributed by atoms with Crippen LogP contribution in [0.3, 0.4) is 0 Å². The van der Waals surface area contributed by atoms with Gasteiger partial charge in [0, 0.05) is 12.1 Å². The lowest BCUT2D eigenvalue weighted by Crippen LogP contribution is -2.55. The van der Waals surface area contributed by atoms with Gasteiger partial charge in [-0.25, -0.2) is 8.42 Å². The summed E-state index contributed by atoms with van der Waals surface area (Å²) in [6.07, 6.45) is 0.378. The fourth-order valence-corrected chi connectivity index (χ4v) is 5.64. The van der Waals surface area contributed by atoms with Crippen LogP contribution in [0, 0.1) is 0 Å². The Hall–Kier alpha value is -1.70. The molecule has 1 amide bonds. The second kappa shape index (κ2) is 6.55.